The molecule has 9 rings (SSSR count). The molecule has 330 valence electrons. The zero-order valence-electron chi connectivity index (χ0n) is 42.3. The van der Waals surface area contributed by atoms with Crippen LogP contribution in [0.3, 0.4) is 0 Å². The van der Waals surface area contributed by atoms with Crippen LogP contribution >= 0.6 is 0 Å². The van der Waals surface area contributed by atoms with E-state index in [0.29, 0.717) is 0 Å². The highest BCUT2D eigenvalue weighted by molar-refractivity contribution is 7.00. The third-order valence-corrected chi connectivity index (χ3v) is 15.2. The number of hydrogen-bond donors (Lipinski definition) is 0. The van der Waals surface area contributed by atoms with Crippen molar-refractivity contribution in [3.63, 3.8) is 0 Å². The molecule has 0 saturated heterocycles. The van der Waals surface area contributed by atoms with E-state index in [9.17, 15) is 0 Å². The number of nitrogens with zero attached hydrogens (tertiary/aromatic N) is 2. The van der Waals surface area contributed by atoms with Crippen LogP contribution < -0.4 is 26.2 Å². The summed E-state index contributed by atoms with van der Waals surface area (Å²) in [6.45, 7) is 40.3. The first kappa shape index (κ1) is 44.2. The van der Waals surface area contributed by atoms with Gasteiger partial charge in [-0.3, -0.25) is 0 Å². The molecule has 0 aromatic heterocycles. The van der Waals surface area contributed by atoms with Crippen molar-refractivity contribution in [2.24, 2.45) is 0 Å². The molecule has 0 spiro atoms. The van der Waals surface area contributed by atoms with E-state index in [1.165, 1.54) is 113 Å². The molecule has 0 unspecified atom stereocenters. The van der Waals surface area contributed by atoms with E-state index in [0.717, 1.165) is 0 Å². The highest BCUT2D eigenvalue weighted by Gasteiger charge is 2.47. The molecule has 2 heterocycles. The van der Waals surface area contributed by atoms with E-state index in [1.54, 1.807) is 0 Å². The Hall–Kier alpha value is -5.02. The van der Waals surface area contributed by atoms with Gasteiger partial charge >= 0.3 is 0 Å². The van der Waals surface area contributed by atoms with Crippen molar-refractivity contribution in [2.75, 3.05) is 9.80 Å². The molecule has 0 bridgehead atoms. The minimum absolute atomic E-state index is 0.00573. The van der Waals surface area contributed by atoms with Gasteiger partial charge in [-0.2, -0.15) is 0 Å². The zero-order chi connectivity index (χ0) is 46.3. The SMILES string of the molecule is Cc1cc2c3c(c1)N(c1ccc(C(C)(C)C)cc1-c1cccc(C(C)(C)C)c1)c1cc4c(cc1B3c1ccc(C(C)(C)C)cc1N2c1cccc(C(C)(C)C)c1)C(C)(C)CCC4(C)C. The predicted octanol–water partition coefficient (Wildman–Crippen LogP) is 15.3. The summed E-state index contributed by atoms with van der Waals surface area (Å²) in [6.07, 6.45) is 2.34. The zero-order valence-corrected chi connectivity index (χ0v) is 42.3. The second-order valence-corrected chi connectivity index (χ2v) is 25.2. The van der Waals surface area contributed by atoms with Gasteiger partial charge in [-0.05, 0) is 162 Å². The summed E-state index contributed by atoms with van der Waals surface area (Å²) in [5.74, 6) is 0. The molecule has 2 aliphatic heterocycles. The van der Waals surface area contributed by atoms with Crippen LogP contribution in [-0.4, -0.2) is 6.71 Å². The van der Waals surface area contributed by atoms with Crippen LogP contribution in [0.4, 0.5) is 34.1 Å². The summed E-state index contributed by atoms with van der Waals surface area (Å²) >= 11 is 0. The van der Waals surface area contributed by atoms with Crippen LogP contribution in [0.1, 0.15) is 163 Å². The fourth-order valence-electron chi connectivity index (χ4n) is 10.9. The molecule has 0 atom stereocenters. The van der Waals surface area contributed by atoms with Gasteiger partial charge in [0.15, 0.2) is 0 Å². The van der Waals surface area contributed by atoms with Crippen LogP contribution in [-0.2, 0) is 32.5 Å². The number of rotatable bonds is 3. The third-order valence-electron chi connectivity index (χ3n) is 15.2. The maximum atomic E-state index is 2.69. The Balaban J connectivity index is 1.43. The number of aryl methyl sites for hydroxylation is 1. The standard InChI is InChI=1S/C61H73BN2/c1-38-30-53-55-54(31-38)64(50-27-25-42(58(8,9)10)34-45(50)39-20-18-21-40(32-39)56(2,3)4)52-37-47-46(60(14,15)28-29-61(47,16)17)36-49(52)62(55)48-26-24-43(59(11,12)13)35-51(48)63(53)44-23-19-22-41(33-44)57(5,6)7/h18-27,30-37H,28-29H2,1-17H3. The fourth-order valence-corrected chi connectivity index (χ4v) is 10.9. The fraction of sp³-hybridized carbons (Fsp3) is 0.410. The highest BCUT2D eigenvalue weighted by atomic mass is 15.2. The second-order valence-electron chi connectivity index (χ2n) is 25.2. The molecule has 0 N–H and O–H groups in total. The van der Waals surface area contributed by atoms with Crippen LogP contribution in [0.5, 0.6) is 0 Å². The summed E-state index contributed by atoms with van der Waals surface area (Å²) in [5.41, 5.74) is 24.0. The lowest BCUT2D eigenvalue weighted by Crippen LogP contribution is -2.62. The van der Waals surface area contributed by atoms with E-state index in [1.807, 2.05) is 0 Å². The van der Waals surface area contributed by atoms with Crippen molar-refractivity contribution in [1.29, 1.82) is 0 Å². The Bertz CT molecular complexity index is 2840. The Labute approximate surface area is 387 Å². The van der Waals surface area contributed by atoms with Gasteiger partial charge in [-0.1, -0.05) is 171 Å². The highest BCUT2D eigenvalue weighted by Crippen LogP contribution is 2.52. The lowest BCUT2D eigenvalue weighted by atomic mass is 9.33. The maximum absolute atomic E-state index is 2.69. The van der Waals surface area contributed by atoms with Gasteiger partial charge in [0.1, 0.15) is 0 Å². The predicted molar refractivity (Wildman–Crippen MR) is 281 cm³/mol. The third kappa shape index (κ3) is 7.34. The summed E-state index contributed by atoms with van der Waals surface area (Å²) < 4.78 is 0. The smallest absolute Gasteiger partial charge is 0.252 e. The van der Waals surface area contributed by atoms with Gasteiger partial charge in [0, 0.05) is 34.0 Å². The first-order chi connectivity index (χ1) is 29.6. The Morgan fingerprint density at radius 2 is 0.938 bits per heavy atom. The number of fused-ring (bicyclic) bond motifs is 5. The molecular weight excluding hydrogens is 771 g/mol. The molecule has 6 aromatic carbocycles. The second kappa shape index (κ2) is 14.5. The van der Waals surface area contributed by atoms with Crippen LogP contribution in [0.25, 0.3) is 11.1 Å². The van der Waals surface area contributed by atoms with Crippen molar-refractivity contribution < 1.29 is 0 Å². The Morgan fingerprint density at radius 3 is 1.55 bits per heavy atom. The number of benzene rings is 6. The van der Waals surface area contributed by atoms with Crippen molar-refractivity contribution in [3.05, 3.63) is 148 Å². The molecule has 0 fully saturated rings. The largest absolute Gasteiger partial charge is 0.311 e. The lowest BCUT2D eigenvalue weighted by molar-refractivity contribution is 0.332. The quantitative estimate of drug-likeness (QED) is 0.164. The van der Waals surface area contributed by atoms with Crippen LogP contribution in [0.15, 0.2) is 109 Å². The maximum Gasteiger partial charge on any atom is 0.252 e. The minimum Gasteiger partial charge on any atom is -0.311 e. The first-order valence-electron chi connectivity index (χ1n) is 24.1. The van der Waals surface area contributed by atoms with Gasteiger partial charge in [0.25, 0.3) is 6.71 Å². The van der Waals surface area contributed by atoms with E-state index in [2.05, 4.69) is 237 Å². The van der Waals surface area contributed by atoms with Crippen molar-refractivity contribution in [2.45, 2.75) is 163 Å². The summed E-state index contributed by atoms with van der Waals surface area (Å²) in [5, 5.41) is 0. The van der Waals surface area contributed by atoms with Gasteiger partial charge in [0.05, 0.1) is 5.69 Å². The van der Waals surface area contributed by atoms with Crippen molar-refractivity contribution in [3.8, 4) is 11.1 Å². The molecule has 6 aromatic rings. The number of anilines is 6. The monoisotopic (exact) mass is 845 g/mol. The van der Waals surface area contributed by atoms with E-state index >= 15 is 0 Å². The summed E-state index contributed by atoms with van der Waals surface area (Å²) in [7, 11) is 0. The molecule has 0 saturated carbocycles. The molecular formula is C61H73BN2. The Kier molecular flexibility index (Phi) is 10.0. The average molecular weight is 845 g/mol. The summed E-state index contributed by atoms with van der Waals surface area (Å²) in [4.78, 5) is 5.31. The minimum atomic E-state index is -0.0191. The van der Waals surface area contributed by atoms with Gasteiger partial charge in [0.2, 0.25) is 0 Å². The van der Waals surface area contributed by atoms with E-state index < -0.39 is 0 Å². The summed E-state index contributed by atoms with van der Waals surface area (Å²) in [6, 6.07) is 43.8. The Morgan fingerprint density at radius 1 is 0.438 bits per heavy atom. The topological polar surface area (TPSA) is 6.48 Å². The van der Waals surface area contributed by atoms with E-state index in [4.69, 9.17) is 0 Å². The molecule has 3 aliphatic rings. The number of hydrogen-bond acceptors (Lipinski definition) is 2. The normalized spacial score (nSPS) is 16.5. The molecule has 64 heavy (non-hydrogen) atoms. The van der Waals surface area contributed by atoms with Gasteiger partial charge in [-0.15, -0.1) is 0 Å². The molecule has 2 nitrogen and oxygen atoms in total. The molecule has 3 heteroatoms. The van der Waals surface area contributed by atoms with Crippen LogP contribution in [0.2, 0.25) is 0 Å². The van der Waals surface area contributed by atoms with Crippen LogP contribution in [0, 0.1) is 6.92 Å². The molecule has 1 aliphatic carbocycles. The average Bonchev–Trinajstić information content (AvgIpc) is 3.20. The molecule has 0 radical (unpaired) electrons. The van der Waals surface area contributed by atoms with E-state index in [-0.39, 0.29) is 39.2 Å². The van der Waals surface area contributed by atoms with Crippen molar-refractivity contribution >= 4 is 57.2 Å². The van der Waals surface area contributed by atoms with Crippen molar-refractivity contribution in [1.82, 2.24) is 0 Å². The first-order valence-corrected chi connectivity index (χ1v) is 24.1. The lowest BCUT2D eigenvalue weighted by Gasteiger charge is -2.48. The molecule has 0 amide bonds. The van der Waals surface area contributed by atoms with Gasteiger partial charge < -0.3 is 9.80 Å². The van der Waals surface area contributed by atoms with Gasteiger partial charge in [-0.25, -0.2) is 0 Å².